The highest BCUT2D eigenvalue weighted by Gasteiger charge is 2.16. The lowest BCUT2D eigenvalue weighted by Gasteiger charge is -2.22. The van der Waals surface area contributed by atoms with Crippen molar-refractivity contribution in [3.8, 4) is 0 Å². The third-order valence-electron chi connectivity index (χ3n) is 8.60. The van der Waals surface area contributed by atoms with Crippen LogP contribution >= 0.6 is 11.8 Å². The van der Waals surface area contributed by atoms with Crippen LogP contribution in [0.5, 0.6) is 0 Å². The number of esters is 2. The van der Waals surface area contributed by atoms with Gasteiger partial charge in [0.1, 0.15) is 13.2 Å². The van der Waals surface area contributed by atoms with Crippen molar-refractivity contribution in [1.29, 1.82) is 0 Å². The molecule has 0 fully saturated rings. The maximum atomic E-state index is 12.9. The summed E-state index contributed by atoms with van der Waals surface area (Å²) in [6.45, 7) is 6.85. The number of unbranched alkanes of at least 4 members (excludes halogenated alkanes) is 18. The van der Waals surface area contributed by atoms with Crippen molar-refractivity contribution in [3.05, 3.63) is 24.3 Å². The van der Waals surface area contributed by atoms with Crippen molar-refractivity contribution in [2.24, 2.45) is 0 Å². The van der Waals surface area contributed by atoms with E-state index in [9.17, 15) is 14.4 Å². The van der Waals surface area contributed by atoms with E-state index in [0.29, 0.717) is 44.9 Å². The van der Waals surface area contributed by atoms with Crippen molar-refractivity contribution in [3.63, 3.8) is 0 Å². The van der Waals surface area contributed by atoms with Gasteiger partial charge in [0.25, 0.3) is 5.24 Å². The van der Waals surface area contributed by atoms with Crippen LogP contribution in [0.1, 0.15) is 168 Å². The number of nitrogens with zero attached hydrogens (tertiary/aromatic N) is 2. The van der Waals surface area contributed by atoms with Gasteiger partial charge in [-0.25, -0.2) is 0 Å². The minimum Gasteiger partial charge on any atom is -0.461 e. The summed E-state index contributed by atoms with van der Waals surface area (Å²) >= 11 is 1.29. The summed E-state index contributed by atoms with van der Waals surface area (Å²) in [5, 5.41) is -0.0116. The zero-order valence-corrected chi connectivity index (χ0v) is 33.2. The molecule has 0 spiro atoms. The van der Waals surface area contributed by atoms with Crippen LogP contribution in [0.4, 0.5) is 4.79 Å². The van der Waals surface area contributed by atoms with Crippen molar-refractivity contribution in [2.75, 3.05) is 52.7 Å². The fourth-order valence-corrected chi connectivity index (χ4v) is 6.47. The second kappa shape index (κ2) is 37.5. The maximum Gasteiger partial charge on any atom is 0.306 e. The molecule has 286 valence electrons. The van der Waals surface area contributed by atoms with E-state index >= 15 is 0 Å². The number of hydrogen-bond donors (Lipinski definition) is 0. The van der Waals surface area contributed by atoms with E-state index < -0.39 is 0 Å². The Morgan fingerprint density at radius 3 is 1.29 bits per heavy atom. The standard InChI is InChI=1S/C41H76N2O5S/c1-5-7-9-11-13-15-17-19-21-23-25-27-36-47-39(44)31-29-33-43(41(46)49-38-35-42(3)4)34-30-32-40(45)48-37-28-26-24-22-20-18-16-14-12-10-8-6-2/h25-28H,5-24,29-38H2,1-4H3. The lowest BCUT2D eigenvalue weighted by atomic mass is 10.1. The summed E-state index contributed by atoms with van der Waals surface area (Å²) in [6.07, 6.45) is 35.5. The summed E-state index contributed by atoms with van der Waals surface area (Å²) < 4.78 is 10.7. The molecule has 8 heteroatoms. The maximum absolute atomic E-state index is 12.9. The molecule has 0 heterocycles. The lowest BCUT2D eigenvalue weighted by Crippen LogP contribution is -2.31. The van der Waals surface area contributed by atoms with Gasteiger partial charge in [-0.1, -0.05) is 153 Å². The highest BCUT2D eigenvalue weighted by Crippen LogP contribution is 2.14. The van der Waals surface area contributed by atoms with Gasteiger partial charge in [0, 0.05) is 38.2 Å². The Kier molecular flexibility index (Phi) is 36.1. The first-order chi connectivity index (χ1) is 23.9. The molecule has 0 saturated carbocycles. The monoisotopic (exact) mass is 709 g/mol. The molecule has 0 aromatic rings. The number of hydrogen-bond acceptors (Lipinski definition) is 7. The van der Waals surface area contributed by atoms with Gasteiger partial charge < -0.3 is 19.3 Å². The molecule has 0 rings (SSSR count). The molecular weight excluding hydrogens is 633 g/mol. The van der Waals surface area contributed by atoms with Gasteiger partial charge >= 0.3 is 11.9 Å². The molecule has 0 saturated heterocycles. The number of thioether (sulfide) groups is 1. The quantitative estimate of drug-likeness (QED) is 0.0368. The number of carbonyl (C=O) groups excluding carboxylic acids is 3. The van der Waals surface area contributed by atoms with Gasteiger partial charge in [0.2, 0.25) is 0 Å². The van der Waals surface area contributed by atoms with Crippen LogP contribution in [0.15, 0.2) is 24.3 Å². The van der Waals surface area contributed by atoms with Gasteiger partial charge in [0.15, 0.2) is 0 Å². The lowest BCUT2D eigenvalue weighted by molar-refractivity contribution is -0.143. The first-order valence-corrected chi connectivity index (χ1v) is 21.1. The van der Waals surface area contributed by atoms with E-state index in [4.69, 9.17) is 9.47 Å². The van der Waals surface area contributed by atoms with Crippen LogP contribution in [0.3, 0.4) is 0 Å². The molecule has 0 aliphatic heterocycles. The van der Waals surface area contributed by atoms with Crippen LogP contribution in [0, 0.1) is 0 Å². The van der Waals surface area contributed by atoms with Crippen molar-refractivity contribution in [2.45, 2.75) is 168 Å². The Morgan fingerprint density at radius 1 is 0.510 bits per heavy atom. The zero-order valence-electron chi connectivity index (χ0n) is 32.4. The van der Waals surface area contributed by atoms with Gasteiger partial charge in [-0.05, 0) is 52.6 Å². The summed E-state index contributed by atoms with van der Waals surface area (Å²) in [5.41, 5.74) is 0. The number of rotatable bonds is 35. The van der Waals surface area contributed by atoms with Crippen LogP contribution in [0.25, 0.3) is 0 Å². The molecule has 0 radical (unpaired) electrons. The van der Waals surface area contributed by atoms with Crippen molar-refractivity contribution >= 4 is 28.9 Å². The highest BCUT2D eigenvalue weighted by molar-refractivity contribution is 8.13. The highest BCUT2D eigenvalue weighted by atomic mass is 32.2. The molecule has 49 heavy (non-hydrogen) atoms. The van der Waals surface area contributed by atoms with E-state index in [-0.39, 0.29) is 30.0 Å². The summed E-state index contributed by atoms with van der Waals surface area (Å²) in [5.74, 6) is 0.216. The van der Waals surface area contributed by atoms with Gasteiger partial charge in [-0.3, -0.25) is 14.4 Å². The molecule has 0 aliphatic rings. The first-order valence-electron chi connectivity index (χ1n) is 20.1. The average Bonchev–Trinajstić information content (AvgIpc) is 3.08. The molecule has 0 aliphatic carbocycles. The molecule has 0 bridgehead atoms. The molecule has 0 aromatic heterocycles. The van der Waals surface area contributed by atoms with E-state index in [1.807, 2.05) is 31.1 Å². The van der Waals surface area contributed by atoms with Crippen LogP contribution in [-0.4, -0.2) is 79.7 Å². The van der Waals surface area contributed by atoms with Crippen LogP contribution in [-0.2, 0) is 19.1 Å². The molecule has 0 aromatic carbocycles. The summed E-state index contributed by atoms with van der Waals surface area (Å²) in [6, 6.07) is 0. The number of allylic oxidation sites excluding steroid dienone is 2. The van der Waals surface area contributed by atoms with Crippen molar-refractivity contribution in [1.82, 2.24) is 9.80 Å². The second-order valence-corrected chi connectivity index (χ2v) is 14.7. The Hall–Kier alpha value is -1.80. The molecule has 0 atom stereocenters. The second-order valence-electron chi connectivity index (χ2n) is 13.7. The average molecular weight is 709 g/mol. The van der Waals surface area contributed by atoms with E-state index in [2.05, 4.69) is 26.0 Å². The minimum absolute atomic E-state index is 0.0116. The number of ether oxygens (including phenoxy) is 2. The van der Waals surface area contributed by atoms with E-state index in [1.54, 1.807) is 4.90 Å². The molecule has 1 amide bonds. The Bertz CT molecular complexity index is 779. The molecule has 0 N–H and O–H groups in total. The van der Waals surface area contributed by atoms with E-state index in [0.717, 1.165) is 19.4 Å². The number of amides is 1. The topological polar surface area (TPSA) is 76.1 Å². The SMILES string of the molecule is CCCCCCCCCCCC=CCOC(=O)CCCN(CCCC(=O)OCC=CCCCCCCCCCCC)C(=O)SCCN(C)C. The number of carbonyl (C=O) groups is 3. The molecule has 7 nitrogen and oxygen atoms in total. The van der Waals surface area contributed by atoms with Crippen LogP contribution in [0.2, 0.25) is 0 Å². The smallest absolute Gasteiger partial charge is 0.306 e. The Morgan fingerprint density at radius 2 is 0.898 bits per heavy atom. The summed E-state index contributed by atoms with van der Waals surface area (Å²) in [7, 11) is 3.97. The van der Waals surface area contributed by atoms with Crippen LogP contribution < -0.4 is 0 Å². The van der Waals surface area contributed by atoms with E-state index in [1.165, 1.54) is 127 Å². The normalized spacial score (nSPS) is 11.6. The van der Waals surface area contributed by atoms with Gasteiger partial charge in [-0.15, -0.1) is 0 Å². The largest absolute Gasteiger partial charge is 0.461 e. The fourth-order valence-electron chi connectivity index (χ4n) is 5.47. The first kappa shape index (κ1) is 47.2. The van der Waals surface area contributed by atoms with Gasteiger partial charge in [0.05, 0.1) is 0 Å². The molecular formula is C41H76N2O5S. The predicted molar refractivity (Wildman–Crippen MR) is 210 cm³/mol. The third-order valence-corrected chi connectivity index (χ3v) is 9.50. The molecule has 0 unspecified atom stereocenters. The summed E-state index contributed by atoms with van der Waals surface area (Å²) in [4.78, 5) is 41.3. The minimum atomic E-state index is -0.241. The van der Waals surface area contributed by atoms with Gasteiger partial charge in [-0.2, -0.15) is 0 Å². The Labute approximate surface area is 306 Å². The predicted octanol–water partition coefficient (Wildman–Crippen LogP) is 11.3. The fraction of sp³-hybridized carbons (Fsp3) is 0.829. The third kappa shape index (κ3) is 35.8. The Balaban J connectivity index is 4.16. The van der Waals surface area contributed by atoms with Crippen molar-refractivity contribution < 1.29 is 23.9 Å². The zero-order chi connectivity index (χ0) is 36.0.